The van der Waals surface area contributed by atoms with Crippen molar-refractivity contribution < 1.29 is 9.53 Å². The Hall–Kier alpha value is -2.64. The van der Waals surface area contributed by atoms with Crippen LogP contribution in [0.5, 0.6) is 5.75 Å². The predicted octanol–water partition coefficient (Wildman–Crippen LogP) is 4.11. The lowest BCUT2D eigenvalue weighted by molar-refractivity contribution is 0.103. The van der Waals surface area contributed by atoms with Gasteiger partial charge in [0.1, 0.15) is 16.4 Å². The number of nitrogens with one attached hydrogen (secondary N) is 1. The number of carbonyl (C=O) groups excluding carboxylic acids is 1. The number of ether oxygens (including phenoxy) is 1. The number of benzene rings is 2. The number of hydrogen-bond donors (Lipinski definition) is 2. The number of nitrogens with two attached hydrogens (primary N) is 1. The second kappa shape index (κ2) is 6.86. The predicted molar refractivity (Wildman–Crippen MR) is 99.8 cm³/mol. The average Bonchev–Trinajstić information content (AvgIpc) is 2.90. The number of amides is 1. The summed E-state index contributed by atoms with van der Waals surface area (Å²) >= 11 is 6.55. The highest BCUT2D eigenvalue weighted by Crippen LogP contribution is 2.29. The van der Waals surface area contributed by atoms with E-state index in [-0.39, 0.29) is 5.91 Å². The first kappa shape index (κ1) is 16.2. The molecule has 2 aromatic carbocycles. The SMILES string of the molecule is COc1ccccc1NC(=O)c1sc(=S)n(-c2ccccc2)c1N. The molecule has 0 radical (unpaired) electrons. The lowest BCUT2D eigenvalue weighted by Crippen LogP contribution is -2.14. The first-order valence-corrected chi connectivity index (χ1v) is 8.35. The minimum atomic E-state index is -0.317. The Balaban J connectivity index is 1.96. The zero-order valence-corrected chi connectivity index (χ0v) is 14.5. The molecule has 0 bridgehead atoms. The van der Waals surface area contributed by atoms with Crippen molar-refractivity contribution in [3.63, 3.8) is 0 Å². The van der Waals surface area contributed by atoms with Crippen LogP contribution in [0, 0.1) is 3.95 Å². The summed E-state index contributed by atoms with van der Waals surface area (Å²) in [4.78, 5) is 13.0. The molecule has 1 amide bonds. The molecule has 0 saturated heterocycles. The number of thiazole rings is 1. The van der Waals surface area contributed by atoms with Crippen LogP contribution in [-0.2, 0) is 0 Å². The largest absolute Gasteiger partial charge is 0.495 e. The number of nitrogens with zero attached hydrogens (tertiary/aromatic N) is 1. The molecule has 0 fully saturated rings. The maximum Gasteiger partial charge on any atom is 0.269 e. The molecule has 7 heteroatoms. The van der Waals surface area contributed by atoms with E-state index in [4.69, 9.17) is 22.7 Å². The molecule has 0 saturated carbocycles. The summed E-state index contributed by atoms with van der Waals surface area (Å²) in [7, 11) is 1.55. The maximum atomic E-state index is 12.6. The van der Waals surface area contributed by atoms with Crippen molar-refractivity contribution >= 4 is 41.0 Å². The van der Waals surface area contributed by atoms with E-state index >= 15 is 0 Å². The standard InChI is InChI=1S/C17H15N3O2S2/c1-22-13-10-6-5-9-12(13)19-16(21)14-15(18)20(17(23)24-14)11-7-3-2-4-8-11/h2-10H,18H2,1H3,(H,19,21). The van der Waals surface area contributed by atoms with Gasteiger partial charge in [0.05, 0.1) is 12.8 Å². The smallest absolute Gasteiger partial charge is 0.269 e. The van der Waals surface area contributed by atoms with E-state index in [1.807, 2.05) is 42.5 Å². The molecule has 5 nitrogen and oxygen atoms in total. The Bertz CT molecular complexity index is 933. The highest BCUT2D eigenvalue weighted by Gasteiger charge is 2.19. The summed E-state index contributed by atoms with van der Waals surface area (Å²) in [5.74, 6) is 0.585. The van der Waals surface area contributed by atoms with Crippen LogP contribution in [0.4, 0.5) is 11.5 Å². The van der Waals surface area contributed by atoms with Crippen LogP contribution < -0.4 is 15.8 Å². The zero-order chi connectivity index (χ0) is 17.1. The molecule has 0 aliphatic heterocycles. The Morgan fingerprint density at radius 1 is 1.17 bits per heavy atom. The Kier molecular flexibility index (Phi) is 4.64. The molecule has 0 atom stereocenters. The van der Waals surface area contributed by atoms with E-state index in [2.05, 4.69) is 5.32 Å². The van der Waals surface area contributed by atoms with Crippen LogP contribution in [0.25, 0.3) is 5.69 Å². The van der Waals surface area contributed by atoms with Crippen molar-refractivity contribution in [1.29, 1.82) is 0 Å². The second-order valence-electron chi connectivity index (χ2n) is 4.91. The van der Waals surface area contributed by atoms with Gasteiger partial charge < -0.3 is 15.8 Å². The summed E-state index contributed by atoms with van der Waals surface area (Å²) in [6.07, 6.45) is 0. The number of hydrogen-bond acceptors (Lipinski definition) is 5. The van der Waals surface area contributed by atoms with Crippen LogP contribution in [0.15, 0.2) is 54.6 Å². The van der Waals surface area contributed by atoms with Gasteiger partial charge in [0, 0.05) is 5.69 Å². The molecule has 0 unspecified atom stereocenters. The van der Waals surface area contributed by atoms with Crippen LogP contribution in [0.2, 0.25) is 0 Å². The lowest BCUT2D eigenvalue weighted by Gasteiger charge is -2.10. The van der Waals surface area contributed by atoms with E-state index in [9.17, 15) is 4.79 Å². The highest BCUT2D eigenvalue weighted by molar-refractivity contribution is 7.73. The molecule has 0 aliphatic rings. The molecule has 3 aromatic rings. The Morgan fingerprint density at radius 3 is 2.54 bits per heavy atom. The summed E-state index contributed by atoms with van der Waals surface area (Å²) in [6, 6.07) is 16.7. The minimum Gasteiger partial charge on any atom is -0.495 e. The van der Waals surface area contributed by atoms with Crippen LogP contribution in [0.1, 0.15) is 9.67 Å². The normalized spacial score (nSPS) is 10.4. The lowest BCUT2D eigenvalue weighted by atomic mass is 10.3. The zero-order valence-electron chi connectivity index (χ0n) is 12.9. The van der Waals surface area contributed by atoms with Gasteiger partial charge in [-0.25, -0.2) is 0 Å². The van der Waals surface area contributed by atoms with Crippen molar-refractivity contribution in [2.24, 2.45) is 0 Å². The third-order valence-corrected chi connectivity index (χ3v) is 4.81. The topological polar surface area (TPSA) is 69.3 Å². The fourth-order valence-electron chi connectivity index (χ4n) is 2.30. The van der Waals surface area contributed by atoms with Gasteiger partial charge in [-0.3, -0.25) is 9.36 Å². The number of methoxy groups -OCH3 is 1. The fourth-order valence-corrected chi connectivity index (χ4v) is 3.56. The number of anilines is 2. The van der Waals surface area contributed by atoms with Crippen LogP contribution >= 0.6 is 23.6 Å². The molecular formula is C17H15N3O2S2. The van der Waals surface area contributed by atoms with E-state index in [1.165, 1.54) is 11.3 Å². The van der Waals surface area contributed by atoms with Gasteiger partial charge in [0.2, 0.25) is 0 Å². The Labute approximate surface area is 148 Å². The number of rotatable bonds is 4. The quantitative estimate of drug-likeness (QED) is 0.690. The number of para-hydroxylation sites is 3. The van der Waals surface area contributed by atoms with Crippen molar-refractivity contribution in [2.45, 2.75) is 0 Å². The molecule has 0 spiro atoms. The fraction of sp³-hybridized carbons (Fsp3) is 0.0588. The Morgan fingerprint density at radius 2 is 1.83 bits per heavy atom. The summed E-state index contributed by atoms with van der Waals surface area (Å²) < 4.78 is 7.45. The summed E-state index contributed by atoms with van der Waals surface area (Å²) in [5.41, 5.74) is 7.58. The maximum absolute atomic E-state index is 12.6. The van der Waals surface area contributed by atoms with Gasteiger partial charge in [0.15, 0.2) is 3.95 Å². The summed E-state index contributed by atoms with van der Waals surface area (Å²) in [5, 5.41) is 2.82. The number of carbonyl (C=O) groups is 1. The van der Waals surface area contributed by atoms with E-state index < -0.39 is 0 Å². The van der Waals surface area contributed by atoms with E-state index in [0.29, 0.717) is 26.1 Å². The minimum absolute atomic E-state index is 0.317. The molecule has 1 heterocycles. The van der Waals surface area contributed by atoms with Gasteiger partial charge in [-0.2, -0.15) is 0 Å². The molecule has 24 heavy (non-hydrogen) atoms. The molecule has 3 N–H and O–H groups in total. The molecule has 0 aliphatic carbocycles. The second-order valence-corrected chi connectivity index (χ2v) is 6.55. The third kappa shape index (κ3) is 3.04. The molecule has 1 aromatic heterocycles. The van der Waals surface area contributed by atoms with Gasteiger partial charge in [0.25, 0.3) is 5.91 Å². The van der Waals surface area contributed by atoms with Crippen LogP contribution in [-0.4, -0.2) is 17.6 Å². The first-order chi connectivity index (χ1) is 11.6. The van der Waals surface area contributed by atoms with Gasteiger partial charge >= 0.3 is 0 Å². The molecule has 3 rings (SSSR count). The molecular weight excluding hydrogens is 342 g/mol. The van der Waals surface area contributed by atoms with Crippen molar-refractivity contribution in [2.75, 3.05) is 18.2 Å². The van der Waals surface area contributed by atoms with Crippen molar-refractivity contribution in [3.8, 4) is 11.4 Å². The monoisotopic (exact) mass is 357 g/mol. The summed E-state index contributed by atoms with van der Waals surface area (Å²) in [6.45, 7) is 0. The molecule has 122 valence electrons. The van der Waals surface area contributed by atoms with Crippen LogP contribution in [0.3, 0.4) is 0 Å². The van der Waals surface area contributed by atoms with Gasteiger partial charge in [-0.05, 0) is 36.5 Å². The number of nitrogen functional groups attached to an aromatic ring is 1. The van der Waals surface area contributed by atoms with Gasteiger partial charge in [-0.1, -0.05) is 41.7 Å². The first-order valence-electron chi connectivity index (χ1n) is 7.13. The van der Waals surface area contributed by atoms with Crippen molar-refractivity contribution in [3.05, 3.63) is 63.4 Å². The highest BCUT2D eigenvalue weighted by atomic mass is 32.1. The van der Waals surface area contributed by atoms with E-state index in [0.717, 1.165) is 5.69 Å². The average molecular weight is 357 g/mol. The van der Waals surface area contributed by atoms with Crippen molar-refractivity contribution in [1.82, 2.24) is 4.57 Å². The third-order valence-electron chi connectivity index (χ3n) is 3.42. The number of aromatic nitrogens is 1. The van der Waals surface area contributed by atoms with E-state index in [1.54, 1.807) is 23.8 Å². The van der Waals surface area contributed by atoms with Gasteiger partial charge in [-0.15, -0.1) is 0 Å².